The summed E-state index contributed by atoms with van der Waals surface area (Å²) in [5.74, 6) is 1.92. The molecule has 0 saturated carbocycles. The van der Waals surface area contributed by atoms with Gasteiger partial charge in [0, 0.05) is 27.8 Å². The van der Waals surface area contributed by atoms with Gasteiger partial charge in [-0.15, -0.1) is 0 Å². The molecule has 0 spiro atoms. The van der Waals surface area contributed by atoms with Crippen LogP contribution in [-0.4, -0.2) is 0 Å². The molecule has 9 aromatic rings. The van der Waals surface area contributed by atoms with Crippen LogP contribution in [-0.2, 0) is 0 Å². The van der Waals surface area contributed by atoms with E-state index in [9.17, 15) is 0 Å². The molecule has 44 heavy (non-hydrogen) atoms. The number of fused-ring (bicyclic) bond motifs is 15. The smallest absolute Gasteiger partial charge is 0.140 e. The highest BCUT2D eigenvalue weighted by Crippen LogP contribution is 2.57. The molecule has 1 heterocycles. The zero-order valence-corrected chi connectivity index (χ0v) is 23.9. The van der Waals surface area contributed by atoms with Crippen LogP contribution in [0.5, 0.6) is 11.5 Å². The number of hydrogen-bond acceptors (Lipinski definition) is 1. The van der Waals surface area contributed by atoms with Crippen molar-refractivity contribution in [1.82, 2.24) is 0 Å². The largest absolute Gasteiger partial charge is 0.455 e. The lowest BCUT2D eigenvalue weighted by molar-refractivity contribution is 0.467. The summed E-state index contributed by atoms with van der Waals surface area (Å²) in [6, 6.07) is 55.4. The molecule has 0 aliphatic carbocycles. The third-order valence-corrected chi connectivity index (χ3v) is 9.73. The van der Waals surface area contributed by atoms with Gasteiger partial charge in [0.2, 0.25) is 0 Å². The standard InChI is InChI=1S/C43H26O/c1-2-12-29-26(11-1)21-22-27-25-28(23-24-30(27)29)39-40-35-17-7-3-13-31(35)33-15-5-9-19-37(33)42(40)44-43-38-20-10-6-16-34(38)32-14-4-8-18-36(32)41(39)43/h1-25,39H. The van der Waals surface area contributed by atoms with Gasteiger partial charge in [-0.05, 0) is 59.4 Å². The van der Waals surface area contributed by atoms with Crippen molar-refractivity contribution in [3.8, 4) is 11.5 Å². The van der Waals surface area contributed by atoms with Crippen LogP contribution in [0.1, 0.15) is 22.6 Å². The molecule has 1 aliphatic rings. The van der Waals surface area contributed by atoms with Crippen LogP contribution in [0.3, 0.4) is 0 Å². The summed E-state index contributed by atoms with van der Waals surface area (Å²) < 4.78 is 7.22. The average Bonchev–Trinajstić information content (AvgIpc) is 3.10. The molecule has 204 valence electrons. The monoisotopic (exact) mass is 558 g/mol. The van der Waals surface area contributed by atoms with Crippen LogP contribution in [0.15, 0.2) is 152 Å². The van der Waals surface area contributed by atoms with Gasteiger partial charge in [-0.3, -0.25) is 0 Å². The predicted octanol–water partition coefficient (Wildman–Crippen LogP) is 11.9. The van der Waals surface area contributed by atoms with Gasteiger partial charge in [0.25, 0.3) is 0 Å². The molecule has 1 nitrogen and oxygen atoms in total. The number of benzene rings is 9. The molecule has 1 aliphatic heterocycles. The van der Waals surface area contributed by atoms with Crippen LogP contribution in [0.25, 0.3) is 64.6 Å². The van der Waals surface area contributed by atoms with Crippen LogP contribution < -0.4 is 4.74 Å². The van der Waals surface area contributed by atoms with Crippen molar-refractivity contribution in [2.45, 2.75) is 5.92 Å². The molecule has 0 atom stereocenters. The van der Waals surface area contributed by atoms with Crippen LogP contribution in [0.2, 0.25) is 0 Å². The topological polar surface area (TPSA) is 9.23 Å². The lowest BCUT2D eigenvalue weighted by atomic mass is 9.76. The van der Waals surface area contributed by atoms with Gasteiger partial charge in [0.15, 0.2) is 0 Å². The van der Waals surface area contributed by atoms with Gasteiger partial charge < -0.3 is 4.74 Å². The Morgan fingerprint density at radius 1 is 0.318 bits per heavy atom. The van der Waals surface area contributed by atoms with E-state index < -0.39 is 0 Å². The third kappa shape index (κ3) is 3.19. The maximum absolute atomic E-state index is 7.22. The maximum Gasteiger partial charge on any atom is 0.140 e. The Morgan fingerprint density at radius 2 is 0.727 bits per heavy atom. The zero-order chi connectivity index (χ0) is 28.8. The van der Waals surface area contributed by atoms with Crippen LogP contribution in [0.4, 0.5) is 0 Å². The summed E-state index contributed by atoms with van der Waals surface area (Å²) in [6.07, 6.45) is 0. The second kappa shape index (κ2) is 8.92. The Hall–Kier alpha value is -5.66. The molecule has 0 radical (unpaired) electrons. The lowest BCUT2D eigenvalue weighted by Crippen LogP contribution is -2.14. The van der Waals surface area contributed by atoms with E-state index in [0.29, 0.717) is 0 Å². The van der Waals surface area contributed by atoms with E-state index in [4.69, 9.17) is 4.74 Å². The van der Waals surface area contributed by atoms with Crippen molar-refractivity contribution in [2.75, 3.05) is 0 Å². The molecule has 10 rings (SSSR count). The van der Waals surface area contributed by atoms with Crippen molar-refractivity contribution >= 4 is 64.6 Å². The fourth-order valence-corrected chi connectivity index (χ4v) is 7.86. The van der Waals surface area contributed by atoms with Gasteiger partial charge in [-0.1, -0.05) is 152 Å². The van der Waals surface area contributed by atoms with E-state index in [1.54, 1.807) is 0 Å². The van der Waals surface area contributed by atoms with Crippen LogP contribution in [0, 0.1) is 0 Å². The summed E-state index contributed by atoms with van der Waals surface area (Å²) in [5.41, 5.74) is 3.76. The molecule has 1 heteroatoms. The molecule has 0 amide bonds. The van der Waals surface area contributed by atoms with Gasteiger partial charge in [-0.25, -0.2) is 0 Å². The number of ether oxygens (including phenoxy) is 1. The molecule has 0 saturated heterocycles. The van der Waals surface area contributed by atoms with Crippen molar-refractivity contribution in [2.24, 2.45) is 0 Å². The summed E-state index contributed by atoms with van der Waals surface area (Å²) in [6.45, 7) is 0. The second-order valence-electron chi connectivity index (χ2n) is 12.0. The highest BCUT2D eigenvalue weighted by molar-refractivity contribution is 6.17. The minimum Gasteiger partial charge on any atom is -0.455 e. The minimum absolute atomic E-state index is 0.0198. The fraction of sp³-hybridized carbons (Fsp3) is 0.0233. The van der Waals surface area contributed by atoms with E-state index in [1.165, 1.54) is 70.6 Å². The highest BCUT2D eigenvalue weighted by Gasteiger charge is 2.35. The van der Waals surface area contributed by atoms with Gasteiger partial charge >= 0.3 is 0 Å². The molecular weight excluding hydrogens is 532 g/mol. The van der Waals surface area contributed by atoms with Gasteiger partial charge in [0.05, 0.1) is 0 Å². The molecule has 0 bridgehead atoms. The molecular formula is C43H26O. The first-order valence-electron chi connectivity index (χ1n) is 15.3. The van der Waals surface area contributed by atoms with Gasteiger partial charge in [0.1, 0.15) is 11.5 Å². The lowest BCUT2D eigenvalue weighted by Gasteiger charge is -2.33. The van der Waals surface area contributed by atoms with E-state index in [0.717, 1.165) is 22.3 Å². The van der Waals surface area contributed by atoms with E-state index in [-0.39, 0.29) is 5.92 Å². The Balaban J connectivity index is 1.40. The van der Waals surface area contributed by atoms with Crippen molar-refractivity contribution < 1.29 is 4.74 Å². The minimum atomic E-state index is -0.0198. The predicted molar refractivity (Wildman–Crippen MR) is 185 cm³/mol. The third-order valence-electron chi connectivity index (χ3n) is 9.73. The molecule has 0 fully saturated rings. The first kappa shape index (κ1) is 23.9. The molecule has 0 aromatic heterocycles. The quantitative estimate of drug-likeness (QED) is 0.182. The fourth-order valence-electron chi connectivity index (χ4n) is 7.86. The highest BCUT2D eigenvalue weighted by atomic mass is 16.5. The summed E-state index contributed by atoms with van der Waals surface area (Å²) in [7, 11) is 0. The van der Waals surface area contributed by atoms with E-state index >= 15 is 0 Å². The summed E-state index contributed by atoms with van der Waals surface area (Å²) in [4.78, 5) is 0. The molecule has 0 unspecified atom stereocenters. The first-order valence-corrected chi connectivity index (χ1v) is 15.3. The average molecular weight is 559 g/mol. The summed E-state index contributed by atoms with van der Waals surface area (Å²) >= 11 is 0. The zero-order valence-electron chi connectivity index (χ0n) is 23.9. The first-order chi connectivity index (χ1) is 21.8. The van der Waals surface area contributed by atoms with Crippen molar-refractivity contribution in [3.05, 3.63) is 168 Å². The Labute approximate surface area is 254 Å². The van der Waals surface area contributed by atoms with Crippen molar-refractivity contribution in [1.29, 1.82) is 0 Å². The maximum atomic E-state index is 7.22. The Bertz CT molecular complexity index is 2520. The van der Waals surface area contributed by atoms with E-state index in [1.807, 2.05) is 0 Å². The summed E-state index contributed by atoms with van der Waals surface area (Å²) in [5, 5.41) is 14.9. The molecule has 9 aromatic carbocycles. The second-order valence-corrected chi connectivity index (χ2v) is 12.0. The SMILES string of the molecule is c1ccc2c(c1)ccc1cc(C3c4c(c5ccccc5c5ccccc45)Oc4c3c3ccccc3c3ccccc43)ccc12. The van der Waals surface area contributed by atoms with Gasteiger partial charge in [-0.2, -0.15) is 0 Å². The van der Waals surface area contributed by atoms with E-state index in [2.05, 4.69) is 152 Å². The Kier molecular flexibility index (Phi) is 4.84. The van der Waals surface area contributed by atoms with Crippen molar-refractivity contribution in [3.63, 3.8) is 0 Å². The molecule has 0 N–H and O–H groups in total. The normalized spacial score (nSPS) is 13.1. The number of hydrogen-bond donors (Lipinski definition) is 0. The van der Waals surface area contributed by atoms with Crippen LogP contribution >= 0.6 is 0 Å². The number of rotatable bonds is 1. The Morgan fingerprint density at radius 3 is 1.30 bits per heavy atom.